The summed E-state index contributed by atoms with van der Waals surface area (Å²) in [5.74, 6) is 1.36. The summed E-state index contributed by atoms with van der Waals surface area (Å²) < 4.78 is 11.7. The molecule has 4 aromatic rings. The molecule has 0 saturated carbocycles. The number of amidine groups is 1. The molecular formula is C33H32N2O3. The van der Waals surface area contributed by atoms with Gasteiger partial charge < -0.3 is 15.2 Å². The summed E-state index contributed by atoms with van der Waals surface area (Å²) in [6, 6.07) is 33.6. The highest BCUT2D eigenvalue weighted by Crippen LogP contribution is 2.44. The molecule has 0 amide bonds. The number of methoxy groups -OCH3 is 1. The smallest absolute Gasteiger partial charge is 0.180 e. The van der Waals surface area contributed by atoms with E-state index < -0.39 is 5.54 Å². The van der Waals surface area contributed by atoms with Crippen LogP contribution in [0.5, 0.6) is 11.5 Å². The number of aliphatic imine (C=N–C) groups is 1. The van der Waals surface area contributed by atoms with Crippen LogP contribution in [0, 0.1) is 5.92 Å². The number of hydrogen-bond donors (Lipinski definition) is 1. The second-order valence-electron chi connectivity index (χ2n) is 9.54. The summed E-state index contributed by atoms with van der Waals surface area (Å²) in [5.41, 5.74) is 9.82. The average Bonchev–Trinajstić information content (AvgIpc) is 3.23. The van der Waals surface area contributed by atoms with E-state index in [2.05, 4.69) is 6.92 Å². The summed E-state index contributed by atoms with van der Waals surface area (Å²) >= 11 is 0. The number of Topliss-reactive ketones (excluding diaryl/α,β-unsaturated/α-hetero) is 1. The lowest BCUT2D eigenvalue weighted by molar-refractivity contribution is -0.124. The van der Waals surface area contributed by atoms with Crippen molar-refractivity contribution in [3.8, 4) is 22.6 Å². The van der Waals surface area contributed by atoms with Gasteiger partial charge in [-0.25, -0.2) is 4.99 Å². The molecule has 1 aliphatic heterocycles. The molecule has 0 fully saturated rings. The maximum Gasteiger partial charge on any atom is 0.180 e. The van der Waals surface area contributed by atoms with Gasteiger partial charge in [-0.3, -0.25) is 4.79 Å². The molecule has 192 valence electrons. The molecule has 2 N–H and O–H groups in total. The van der Waals surface area contributed by atoms with E-state index in [1.54, 1.807) is 7.11 Å². The van der Waals surface area contributed by atoms with Gasteiger partial charge in [-0.15, -0.1) is 0 Å². The fraction of sp³-hybridized carbons (Fsp3) is 0.212. The summed E-state index contributed by atoms with van der Waals surface area (Å²) in [6.45, 7) is 2.49. The lowest BCUT2D eigenvalue weighted by Crippen LogP contribution is -2.36. The van der Waals surface area contributed by atoms with E-state index >= 15 is 0 Å². The number of hydrogen-bond acceptors (Lipinski definition) is 5. The van der Waals surface area contributed by atoms with Gasteiger partial charge in [-0.2, -0.15) is 0 Å². The lowest BCUT2D eigenvalue weighted by Gasteiger charge is -2.27. The molecule has 4 aromatic carbocycles. The zero-order valence-electron chi connectivity index (χ0n) is 21.8. The second-order valence-corrected chi connectivity index (χ2v) is 9.54. The van der Waals surface area contributed by atoms with Crippen LogP contribution in [0.1, 0.15) is 36.5 Å². The van der Waals surface area contributed by atoms with Crippen LogP contribution in [-0.4, -0.2) is 18.7 Å². The molecular weight excluding hydrogens is 472 g/mol. The predicted octanol–water partition coefficient (Wildman–Crippen LogP) is 6.54. The molecule has 38 heavy (non-hydrogen) atoms. The summed E-state index contributed by atoms with van der Waals surface area (Å²) in [4.78, 5) is 18.9. The maximum atomic E-state index is 14.0. The van der Waals surface area contributed by atoms with Gasteiger partial charge in [0.25, 0.3) is 0 Å². The van der Waals surface area contributed by atoms with E-state index in [0.29, 0.717) is 30.4 Å². The molecule has 0 aliphatic carbocycles. The van der Waals surface area contributed by atoms with Crippen molar-refractivity contribution in [3.63, 3.8) is 0 Å². The number of carbonyl (C=O) groups is 1. The molecule has 0 aromatic heterocycles. The first kappa shape index (κ1) is 25.3. The zero-order valence-corrected chi connectivity index (χ0v) is 21.8. The first-order valence-electron chi connectivity index (χ1n) is 13.0. The van der Waals surface area contributed by atoms with Crippen LogP contribution in [-0.2, 0) is 16.9 Å². The standard InChI is InChI=1S/C33H32N2O3/c1-3-11-28-31(36)33(35-32(28)34,26-15-8-5-9-16-26)27-17-10-14-24(20-27)25-18-19-29(37-2)30(21-25)38-22-23-12-6-4-7-13-23/h4-10,12-21,28H,3,11,22H2,1-2H3,(H2,34,35). The van der Waals surface area contributed by atoms with Gasteiger partial charge in [0.1, 0.15) is 12.4 Å². The van der Waals surface area contributed by atoms with Crippen molar-refractivity contribution in [3.05, 3.63) is 120 Å². The summed E-state index contributed by atoms with van der Waals surface area (Å²) in [7, 11) is 1.63. The Bertz CT molecular complexity index is 1450. The van der Waals surface area contributed by atoms with Crippen LogP contribution >= 0.6 is 0 Å². The van der Waals surface area contributed by atoms with Crippen LogP contribution in [0.15, 0.2) is 108 Å². The van der Waals surface area contributed by atoms with Crippen molar-refractivity contribution in [2.75, 3.05) is 7.11 Å². The van der Waals surface area contributed by atoms with Crippen LogP contribution < -0.4 is 15.2 Å². The average molecular weight is 505 g/mol. The number of nitrogens with zero attached hydrogens (tertiary/aromatic N) is 1. The normalized spacial score (nSPS) is 18.7. The van der Waals surface area contributed by atoms with E-state index in [9.17, 15) is 4.79 Å². The fourth-order valence-electron chi connectivity index (χ4n) is 5.17. The lowest BCUT2D eigenvalue weighted by atomic mass is 9.76. The Morgan fingerprint density at radius 2 is 1.50 bits per heavy atom. The van der Waals surface area contributed by atoms with Crippen LogP contribution in [0.25, 0.3) is 11.1 Å². The molecule has 1 aliphatic rings. The second kappa shape index (κ2) is 10.9. The van der Waals surface area contributed by atoms with E-state index in [1.807, 2.05) is 103 Å². The van der Waals surface area contributed by atoms with Gasteiger partial charge in [0, 0.05) is 0 Å². The summed E-state index contributed by atoms with van der Waals surface area (Å²) in [5, 5.41) is 0. The third-order valence-corrected chi connectivity index (χ3v) is 7.11. The zero-order chi connectivity index (χ0) is 26.5. The quantitative estimate of drug-likeness (QED) is 0.281. The highest BCUT2D eigenvalue weighted by molar-refractivity contribution is 6.14. The Kier molecular flexibility index (Phi) is 7.27. The number of ether oxygens (including phenoxy) is 2. The molecule has 0 saturated heterocycles. The van der Waals surface area contributed by atoms with Gasteiger partial charge >= 0.3 is 0 Å². The van der Waals surface area contributed by atoms with Gasteiger partial charge in [-0.1, -0.05) is 98.3 Å². The van der Waals surface area contributed by atoms with Crippen LogP contribution in [0.4, 0.5) is 0 Å². The Hall–Kier alpha value is -4.38. The highest BCUT2D eigenvalue weighted by Gasteiger charge is 2.50. The number of nitrogens with two attached hydrogens (primary N) is 1. The molecule has 2 atom stereocenters. The van der Waals surface area contributed by atoms with E-state index in [-0.39, 0.29) is 11.7 Å². The Balaban J connectivity index is 1.55. The minimum absolute atomic E-state index is 0.0295. The molecule has 1 heterocycles. The van der Waals surface area contributed by atoms with Crippen molar-refractivity contribution >= 4 is 11.6 Å². The topological polar surface area (TPSA) is 73.9 Å². The SMILES string of the molecule is CCCC1C(=O)C(c2ccccc2)(c2cccc(-c3ccc(OC)c(OCc4ccccc4)c3)c2)N=C1N. The third kappa shape index (κ3) is 4.68. The Morgan fingerprint density at radius 1 is 0.816 bits per heavy atom. The monoisotopic (exact) mass is 504 g/mol. The van der Waals surface area contributed by atoms with Gasteiger partial charge in [0.2, 0.25) is 0 Å². The first-order valence-corrected chi connectivity index (χ1v) is 13.0. The molecule has 2 unspecified atom stereocenters. The first-order chi connectivity index (χ1) is 18.6. The molecule has 0 radical (unpaired) electrons. The molecule has 5 rings (SSSR count). The Morgan fingerprint density at radius 3 is 2.21 bits per heavy atom. The van der Waals surface area contributed by atoms with E-state index in [4.69, 9.17) is 20.2 Å². The molecule has 0 spiro atoms. The largest absolute Gasteiger partial charge is 0.493 e. The third-order valence-electron chi connectivity index (χ3n) is 7.11. The minimum atomic E-state index is -1.17. The maximum absolute atomic E-state index is 14.0. The van der Waals surface area contributed by atoms with Gasteiger partial charge in [0.05, 0.1) is 13.0 Å². The van der Waals surface area contributed by atoms with Crippen molar-refractivity contribution in [2.24, 2.45) is 16.6 Å². The minimum Gasteiger partial charge on any atom is -0.493 e. The number of benzene rings is 4. The predicted molar refractivity (Wildman–Crippen MR) is 151 cm³/mol. The molecule has 0 bridgehead atoms. The molecule has 5 nitrogen and oxygen atoms in total. The van der Waals surface area contributed by atoms with Crippen molar-refractivity contribution in [1.29, 1.82) is 0 Å². The molecule has 5 heteroatoms. The fourth-order valence-corrected chi connectivity index (χ4v) is 5.17. The van der Waals surface area contributed by atoms with Crippen molar-refractivity contribution in [1.82, 2.24) is 0 Å². The number of rotatable bonds is 9. The summed E-state index contributed by atoms with van der Waals surface area (Å²) in [6.07, 6.45) is 1.54. The number of ketones is 1. The van der Waals surface area contributed by atoms with Gasteiger partial charge in [-0.05, 0) is 52.4 Å². The van der Waals surface area contributed by atoms with Gasteiger partial charge in [0.15, 0.2) is 22.8 Å². The van der Waals surface area contributed by atoms with Crippen molar-refractivity contribution in [2.45, 2.75) is 31.9 Å². The van der Waals surface area contributed by atoms with E-state index in [1.165, 1.54) is 0 Å². The number of carbonyl (C=O) groups excluding carboxylic acids is 1. The van der Waals surface area contributed by atoms with Crippen LogP contribution in [0.3, 0.4) is 0 Å². The van der Waals surface area contributed by atoms with Crippen molar-refractivity contribution < 1.29 is 14.3 Å². The highest BCUT2D eigenvalue weighted by atomic mass is 16.5. The van der Waals surface area contributed by atoms with E-state index in [0.717, 1.165) is 34.2 Å². The Labute approximate surface area is 224 Å². The van der Waals surface area contributed by atoms with Crippen LogP contribution in [0.2, 0.25) is 0 Å².